The maximum atomic E-state index is 4.19. The lowest BCUT2D eigenvalue weighted by Crippen LogP contribution is -2.17. The van der Waals surface area contributed by atoms with Crippen molar-refractivity contribution in [1.29, 1.82) is 0 Å². The third kappa shape index (κ3) is 2.49. The Kier molecular flexibility index (Phi) is 2.54. The highest BCUT2D eigenvalue weighted by atomic mass is 14.9. The third-order valence-corrected chi connectivity index (χ3v) is 2.61. The number of hydrogen-bond donors (Lipinski definition) is 1. The van der Waals surface area contributed by atoms with E-state index in [1.165, 1.54) is 6.42 Å². The molecule has 1 aliphatic rings. The lowest BCUT2D eigenvalue weighted by Gasteiger charge is -2.01. The number of rotatable bonds is 4. The summed E-state index contributed by atoms with van der Waals surface area (Å²) in [5.41, 5.74) is 1.02. The van der Waals surface area contributed by atoms with E-state index in [1.54, 1.807) is 12.4 Å². The molecule has 1 aromatic rings. The second-order valence-electron chi connectivity index (χ2n) is 3.80. The summed E-state index contributed by atoms with van der Waals surface area (Å²) < 4.78 is 0. The number of nitrogens with zero attached hydrogens (tertiary/aromatic N) is 2. The van der Waals surface area contributed by atoms with E-state index in [2.05, 4.69) is 22.2 Å². The minimum absolute atomic E-state index is 0.844. The Morgan fingerprint density at radius 2 is 2.38 bits per heavy atom. The molecule has 2 atom stereocenters. The third-order valence-electron chi connectivity index (χ3n) is 2.61. The summed E-state index contributed by atoms with van der Waals surface area (Å²) in [5, 5.41) is 3.39. The predicted molar refractivity (Wildman–Crippen MR) is 51.0 cm³/mol. The van der Waals surface area contributed by atoms with Crippen molar-refractivity contribution in [3.05, 3.63) is 24.3 Å². The molecule has 0 saturated heterocycles. The van der Waals surface area contributed by atoms with E-state index in [4.69, 9.17) is 0 Å². The van der Waals surface area contributed by atoms with Gasteiger partial charge in [0, 0.05) is 25.1 Å². The molecule has 1 heterocycles. The second kappa shape index (κ2) is 3.83. The van der Waals surface area contributed by atoms with E-state index < -0.39 is 0 Å². The van der Waals surface area contributed by atoms with Crippen molar-refractivity contribution in [2.75, 3.05) is 6.54 Å². The van der Waals surface area contributed by atoms with Crippen molar-refractivity contribution in [2.45, 2.75) is 19.9 Å². The van der Waals surface area contributed by atoms with Gasteiger partial charge >= 0.3 is 0 Å². The monoisotopic (exact) mass is 177 g/mol. The van der Waals surface area contributed by atoms with Crippen LogP contribution in [0.1, 0.15) is 19.0 Å². The van der Waals surface area contributed by atoms with Gasteiger partial charge in [-0.1, -0.05) is 6.92 Å². The van der Waals surface area contributed by atoms with Gasteiger partial charge < -0.3 is 5.32 Å². The quantitative estimate of drug-likeness (QED) is 0.751. The van der Waals surface area contributed by atoms with Gasteiger partial charge in [-0.2, -0.15) is 0 Å². The zero-order valence-corrected chi connectivity index (χ0v) is 7.90. The molecule has 0 bridgehead atoms. The Morgan fingerprint density at radius 1 is 1.54 bits per heavy atom. The molecule has 3 heteroatoms. The Labute approximate surface area is 78.6 Å². The van der Waals surface area contributed by atoms with Crippen LogP contribution in [0.4, 0.5) is 0 Å². The van der Waals surface area contributed by atoms with Crippen LogP contribution in [0.25, 0.3) is 0 Å². The Morgan fingerprint density at radius 3 is 3.00 bits per heavy atom. The first kappa shape index (κ1) is 8.63. The summed E-state index contributed by atoms with van der Waals surface area (Å²) in [6, 6.07) is 0. The molecule has 1 fully saturated rings. The Hall–Kier alpha value is -0.960. The van der Waals surface area contributed by atoms with Crippen molar-refractivity contribution in [3.63, 3.8) is 0 Å². The average Bonchev–Trinajstić information content (AvgIpc) is 2.84. The van der Waals surface area contributed by atoms with Crippen molar-refractivity contribution in [3.8, 4) is 0 Å². The highest BCUT2D eigenvalue weighted by Gasteiger charge is 2.31. The van der Waals surface area contributed by atoms with Gasteiger partial charge in [0.1, 0.15) is 0 Å². The predicted octanol–water partition coefficient (Wildman–Crippen LogP) is 1.22. The minimum Gasteiger partial charge on any atom is -0.311 e. The molecule has 70 valence electrons. The van der Waals surface area contributed by atoms with Crippen molar-refractivity contribution in [2.24, 2.45) is 11.8 Å². The molecule has 3 nitrogen and oxygen atoms in total. The normalized spacial score (nSPS) is 25.9. The molecule has 2 unspecified atom stereocenters. The van der Waals surface area contributed by atoms with E-state index in [1.807, 2.05) is 6.20 Å². The first-order chi connectivity index (χ1) is 6.36. The van der Waals surface area contributed by atoms with E-state index in [-0.39, 0.29) is 0 Å². The summed E-state index contributed by atoms with van der Waals surface area (Å²) in [7, 11) is 0. The Balaban J connectivity index is 1.68. The summed E-state index contributed by atoms with van der Waals surface area (Å²) in [6.45, 7) is 4.27. The largest absolute Gasteiger partial charge is 0.311 e. The molecule has 0 spiro atoms. The van der Waals surface area contributed by atoms with Crippen molar-refractivity contribution >= 4 is 0 Å². The first-order valence-electron chi connectivity index (χ1n) is 4.82. The van der Waals surface area contributed by atoms with E-state index >= 15 is 0 Å². The molecule has 2 rings (SSSR count). The molecule has 1 saturated carbocycles. The fourth-order valence-electron chi connectivity index (χ4n) is 1.49. The maximum Gasteiger partial charge on any atom is 0.0724 e. The topological polar surface area (TPSA) is 37.8 Å². The van der Waals surface area contributed by atoms with Crippen LogP contribution in [0.5, 0.6) is 0 Å². The summed E-state index contributed by atoms with van der Waals surface area (Å²) in [5.74, 6) is 1.83. The highest BCUT2D eigenvalue weighted by molar-refractivity contribution is 4.94. The minimum atomic E-state index is 0.844. The Bertz CT molecular complexity index is 260. The molecule has 0 aliphatic heterocycles. The fraction of sp³-hybridized carbons (Fsp3) is 0.600. The van der Waals surface area contributed by atoms with E-state index in [0.717, 1.165) is 30.6 Å². The zero-order chi connectivity index (χ0) is 9.10. The number of nitrogens with one attached hydrogen (secondary N) is 1. The fourth-order valence-corrected chi connectivity index (χ4v) is 1.49. The van der Waals surface area contributed by atoms with Gasteiger partial charge in [0.15, 0.2) is 0 Å². The van der Waals surface area contributed by atoms with Crippen LogP contribution in [0, 0.1) is 11.8 Å². The lowest BCUT2D eigenvalue weighted by molar-refractivity contribution is 0.604. The molecule has 1 aliphatic carbocycles. The van der Waals surface area contributed by atoms with Gasteiger partial charge in [-0.05, 0) is 24.8 Å². The number of aromatic nitrogens is 2. The van der Waals surface area contributed by atoms with Gasteiger partial charge in [0.05, 0.1) is 5.69 Å². The van der Waals surface area contributed by atoms with Crippen LogP contribution in [-0.4, -0.2) is 16.5 Å². The average molecular weight is 177 g/mol. The second-order valence-corrected chi connectivity index (χ2v) is 3.80. The summed E-state index contributed by atoms with van der Waals surface area (Å²) in [4.78, 5) is 8.20. The molecule has 0 amide bonds. The lowest BCUT2D eigenvalue weighted by atomic mass is 10.3. The van der Waals surface area contributed by atoms with Crippen LogP contribution in [0.2, 0.25) is 0 Å². The molecular weight excluding hydrogens is 162 g/mol. The van der Waals surface area contributed by atoms with Crippen LogP contribution < -0.4 is 5.32 Å². The van der Waals surface area contributed by atoms with Gasteiger partial charge in [-0.25, -0.2) is 0 Å². The van der Waals surface area contributed by atoms with E-state index in [9.17, 15) is 0 Å². The molecule has 1 aromatic heterocycles. The zero-order valence-electron chi connectivity index (χ0n) is 7.90. The molecule has 0 aromatic carbocycles. The summed E-state index contributed by atoms with van der Waals surface area (Å²) in [6.07, 6.45) is 6.63. The van der Waals surface area contributed by atoms with Crippen molar-refractivity contribution < 1.29 is 0 Å². The first-order valence-corrected chi connectivity index (χ1v) is 4.82. The SMILES string of the molecule is CC1CC1CNCc1cnccn1. The molecular formula is C10H15N3. The van der Waals surface area contributed by atoms with Gasteiger partial charge in [-0.3, -0.25) is 9.97 Å². The van der Waals surface area contributed by atoms with Gasteiger partial charge in [0.25, 0.3) is 0 Å². The van der Waals surface area contributed by atoms with E-state index in [0.29, 0.717) is 0 Å². The van der Waals surface area contributed by atoms with Crippen molar-refractivity contribution in [1.82, 2.24) is 15.3 Å². The molecule has 1 N–H and O–H groups in total. The molecule has 13 heavy (non-hydrogen) atoms. The van der Waals surface area contributed by atoms with Gasteiger partial charge in [-0.15, -0.1) is 0 Å². The van der Waals surface area contributed by atoms with Crippen LogP contribution >= 0.6 is 0 Å². The summed E-state index contributed by atoms with van der Waals surface area (Å²) >= 11 is 0. The van der Waals surface area contributed by atoms with Gasteiger partial charge in [0.2, 0.25) is 0 Å². The smallest absolute Gasteiger partial charge is 0.0724 e. The standard InChI is InChI=1S/C10H15N3/c1-8-4-9(8)5-12-7-10-6-11-2-3-13-10/h2-3,6,8-9,12H,4-5,7H2,1H3. The highest BCUT2D eigenvalue weighted by Crippen LogP contribution is 2.36. The maximum absolute atomic E-state index is 4.19. The van der Waals surface area contributed by atoms with Crippen LogP contribution in [0.15, 0.2) is 18.6 Å². The van der Waals surface area contributed by atoms with Crippen LogP contribution in [-0.2, 0) is 6.54 Å². The van der Waals surface area contributed by atoms with Crippen LogP contribution in [0.3, 0.4) is 0 Å². The number of hydrogen-bond acceptors (Lipinski definition) is 3. The molecule has 0 radical (unpaired) electrons.